The van der Waals surface area contributed by atoms with Gasteiger partial charge in [0.1, 0.15) is 11.9 Å². The molecule has 1 N–H and O–H groups in total. The quantitative estimate of drug-likeness (QED) is 0.847. The van der Waals surface area contributed by atoms with Gasteiger partial charge in [0.15, 0.2) is 0 Å². The van der Waals surface area contributed by atoms with Crippen LogP contribution in [-0.2, 0) is 0 Å². The molecule has 0 radical (unpaired) electrons. The molecule has 2 nitrogen and oxygen atoms in total. The summed E-state index contributed by atoms with van der Waals surface area (Å²) in [6, 6.07) is 8.19. The van der Waals surface area contributed by atoms with Crippen LogP contribution >= 0.6 is 22.6 Å². The third kappa shape index (κ3) is 2.60. The Morgan fingerprint density at radius 1 is 1.21 bits per heavy atom. The highest BCUT2D eigenvalue weighted by Crippen LogP contribution is 2.22. The number of hydrogen-bond acceptors (Lipinski definition) is 2. The second-order valence-corrected chi connectivity index (χ2v) is 4.66. The van der Waals surface area contributed by atoms with Gasteiger partial charge in [0.05, 0.1) is 3.57 Å². The molecule has 1 fully saturated rings. The van der Waals surface area contributed by atoms with Crippen LogP contribution in [0.5, 0.6) is 5.75 Å². The van der Waals surface area contributed by atoms with Gasteiger partial charge in [-0.15, -0.1) is 0 Å². The number of benzene rings is 1. The lowest BCUT2D eigenvalue weighted by molar-refractivity contribution is 0.161. The molecule has 1 aromatic rings. The SMILES string of the molecule is Ic1ccccc1OC1CCNCC1. The minimum Gasteiger partial charge on any atom is -0.489 e. The molecule has 0 saturated carbocycles. The van der Waals surface area contributed by atoms with Crippen molar-refractivity contribution in [3.63, 3.8) is 0 Å². The molecule has 76 valence electrons. The number of ether oxygens (including phenoxy) is 1. The van der Waals surface area contributed by atoms with Crippen molar-refractivity contribution in [2.75, 3.05) is 13.1 Å². The average molecular weight is 303 g/mol. The topological polar surface area (TPSA) is 21.3 Å². The predicted octanol–water partition coefficient (Wildman–Crippen LogP) is 2.42. The Morgan fingerprint density at radius 2 is 1.93 bits per heavy atom. The standard InChI is InChI=1S/C11H14INO/c12-10-3-1-2-4-11(10)14-9-5-7-13-8-6-9/h1-4,9,13H,5-8H2. The van der Waals surface area contributed by atoms with Crippen LogP contribution in [-0.4, -0.2) is 19.2 Å². The smallest absolute Gasteiger partial charge is 0.133 e. The Hall–Kier alpha value is -0.290. The Kier molecular flexibility index (Phi) is 3.64. The van der Waals surface area contributed by atoms with E-state index in [9.17, 15) is 0 Å². The van der Waals surface area contributed by atoms with Crippen molar-refractivity contribution >= 4 is 22.6 Å². The molecule has 3 heteroatoms. The maximum Gasteiger partial charge on any atom is 0.133 e. The van der Waals surface area contributed by atoms with E-state index in [0.29, 0.717) is 6.10 Å². The highest BCUT2D eigenvalue weighted by atomic mass is 127. The first-order valence-corrected chi connectivity index (χ1v) is 6.06. The molecule has 0 unspecified atom stereocenters. The van der Waals surface area contributed by atoms with E-state index in [-0.39, 0.29) is 0 Å². The van der Waals surface area contributed by atoms with Crippen molar-refractivity contribution < 1.29 is 4.74 Å². The van der Waals surface area contributed by atoms with Crippen LogP contribution in [0.25, 0.3) is 0 Å². The fourth-order valence-electron chi connectivity index (χ4n) is 1.63. The first-order valence-electron chi connectivity index (χ1n) is 4.98. The lowest BCUT2D eigenvalue weighted by Gasteiger charge is -2.24. The number of rotatable bonds is 2. The van der Waals surface area contributed by atoms with E-state index >= 15 is 0 Å². The lowest BCUT2D eigenvalue weighted by Crippen LogP contribution is -2.34. The van der Waals surface area contributed by atoms with Crippen LogP contribution in [0.15, 0.2) is 24.3 Å². The minimum absolute atomic E-state index is 0.396. The van der Waals surface area contributed by atoms with Gasteiger partial charge in [0.2, 0.25) is 0 Å². The van der Waals surface area contributed by atoms with E-state index in [2.05, 4.69) is 34.0 Å². The van der Waals surface area contributed by atoms with Crippen molar-refractivity contribution in [3.05, 3.63) is 27.8 Å². The molecule has 1 aliphatic rings. The summed E-state index contributed by atoms with van der Waals surface area (Å²) in [6.07, 6.45) is 2.63. The predicted molar refractivity (Wildman–Crippen MR) is 65.7 cm³/mol. The Labute approximate surface area is 98.2 Å². The molecule has 2 rings (SSSR count). The molecule has 0 amide bonds. The fraction of sp³-hybridized carbons (Fsp3) is 0.455. The number of piperidine rings is 1. The monoisotopic (exact) mass is 303 g/mol. The molecule has 0 atom stereocenters. The maximum atomic E-state index is 5.94. The first-order chi connectivity index (χ1) is 6.86. The zero-order chi connectivity index (χ0) is 9.80. The van der Waals surface area contributed by atoms with Gasteiger partial charge in [0.25, 0.3) is 0 Å². The van der Waals surface area contributed by atoms with Gasteiger partial charge in [-0.3, -0.25) is 0 Å². The normalized spacial score (nSPS) is 18.1. The van der Waals surface area contributed by atoms with E-state index in [4.69, 9.17) is 4.74 Å². The summed E-state index contributed by atoms with van der Waals surface area (Å²) in [6.45, 7) is 2.15. The summed E-state index contributed by atoms with van der Waals surface area (Å²) in [4.78, 5) is 0. The molecule has 0 aliphatic carbocycles. The van der Waals surface area contributed by atoms with Crippen LogP contribution in [0.4, 0.5) is 0 Å². The molecule has 1 saturated heterocycles. The van der Waals surface area contributed by atoms with Crippen molar-refractivity contribution in [3.8, 4) is 5.75 Å². The highest BCUT2D eigenvalue weighted by molar-refractivity contribution is 14.1. The number of hydrogen-bond donors (Lipinski definition) is 1. The maximum absolute atomic E-state index is 5.94. The van der Waals surface area contributed by atoms with Gasteiger partial charge in [-0.25, -0.2) is 0 Å². The van der Waals surface area contributed by atoms with Crippen molar-refractivity contribution in [2.45, 2.75) is 18.9 Å². The molecule has 0 aromatic heterocycles. The molecule has 14 heavy (non-hydrogen) atoms. The molecule has 1 heterocycles. The van der Waals surface area contributed by atoms with Crippen LogP contribution in [0.2, 0.25) is 0 Å². The van der Waals surface area contributed by atoms with Gasteiger partial charge >= 0.3 is 0 Å². The molecule has 0 bridgehead atoms. The van der Waals surface area contributed by atoms with Crippen molar-refractivity contribution in [2.24, 2.45) is 0 Å². The molecule has 1 aliphatic heterocycles. The number of para-hydroxylation sites is 1. The number of nitrogens with one attached hydrogen (secondary N) is 1. The summed E-state index contributed by atoms with van der Waals surface area (Å²) in [5.74, 6) is 1.03. The summed E-state index contributed by atoms with van der Waals surface area (Å²) in [7, 11) is 0. The third-order valence-electron chi connectivity index (χ3n) is 2.42. The van der Waals surface area contributed by atoms with Crippen molar-refractivity contribution in [1.29, 1.82) is 0 Å². The highest BCUT2D eigenvalue weighted by Gasteiger charge is 2.14. The number of halogens is 1. The van der Waals surface area contributed by atoms with E-state index < -0.39 is 0 Å². The summed E-state index contributed by atoms with van der Waals surface area (Å²) in [5, 5.41) is 3.33. The summed E-state index contributed by atoms with van der Waals surface area (Å²) < 4.78 is 7.14. The van der Waals surface area contributed by atoms with E-state index in [0.717, 1.165) is 31.7 Å². The van der Waals surface area contributed by atoms with Crippen LogP contribution in [0.3, 0.4) is 0 Å². The van der Waals surface area contributed by atoms with Crippen LogP contribution in [0, 0.1) is 3.57 Å². The Balaban J connectivity index is 1.99. The minimum atomic E-state index is 0.396. The molecular formula is C11H14INO. The van der Waals surface area contributed by atoms with E-state index in [1.165, 1.54) is 3.57 Å². The van der Waals surface area contributed by atoms with Crippen molar-refractivity contribution in [1.82, 2.24) is 5.32 Å². The zero-order valence-corrected chi connectivity index (χ0v) is 10.2. The van der Waals surface area contributed by atoms with Gasteiger partial charge in [-0.2, -0.15) is 0 Å². The average Bonchev–Trinajstić information content (AvgIpc) is 2.23. The second kappa shape index (κ2) is 4.98. The second-order valence-electron chi connectivity index (χ2n) is 3.50. The van der Waals surface area contributed by atoms with Gasteiger partial charge in [-0.05, 0) is 60.7 Å². The van der Waals surface area contributed by atoms with E-state index in [1.54, 1.807) is 0 Å². The van der Waals surface area contributed by atoms with Crippen LogP contribution in [0.1, 0.15) is 12.8 Å². The van der Waals surface area contributed by atoms with Gasteiger partial charge in [-0.1, -0.05) is 12.1 Å². The van der Waals surface area contributed by atoms with Gasteiger partial charge < -0.3 is 10.1 Å². The summed E-state index contributed by atoms with van der Waals surface area (Å²) >= 11 is 2.32. The Morgan fingerprint density at radius 3 is 2.64 bits per heavy atom. The fourth-order valence-corrected chi connectivity index (χ4v) is 2.15. The third-order valence-corrected chi connectivity index (χ3v) is 3.31. The first kappa shape index (κ1) is 10.2. The Bertz CT molecular complexity index is 297. The van der Waals surface area contributed by atoms with Gasteiger partial charge in [0, 0.05) is 0 Å². The van der Waals surface area contributed by atoms with E-state index in [1.807, 2.05) is 18.2 Å². The lowest BCUT2D eigenvalue weighted by atomic mass is 10.1. The van der Waals surface area contributed by atoms with Crippen LogP contribution < -0.4 is 10.1 Å². The molecular weight excluding hydrogens is 289 g/mol. The largest absolute Gasteiger partial charge is 0.489 e. The molecule has 0 spiro atoms. The summed E-state index contributed by atoms with van der Waals surface area (Å²) in [5.41, 5.74) is 0. The molecule has 1 aromatic carbocycles. The zero-order valence-electron chi connectivity index (χ0n) is 8.00.